The average Bonchev–Trinajstić information content (AvgIpc) is 2.95. The Kier molecular flexibility index (Phi) is 10.6. The van der Waals surface area contributed by atoms with E-state index in [0.29, 0.717) is 57.1 Å². The van der Waals surface area contributed by atoms with Crippen LogP contribution in [0.5, 0.6) is 17.2 Å². The van der Waals surface area contributed by atoms with Crippen molar-refractivity contribution in [2.24, 2.45) is 0 Å². The maximum absolute atomic E-state index is 13.1. The van der Waals surface area contributed by atoms with Gasteiger partial charge in [-0.3, -0.25) is 14.4 Å². The lowest BCUT2D eigenvalue weighted by molar-refractivity contribution is -0.129. The van der Waals surface area contributed by atoms with Crippen LogP contribution < -0.4 is 25.0 Å². The van der Waals surface area contributed by atoms with E-state index in [9.17, 15) is 14.4 Å². The van der Waals surface area contributed by atoms with Crippen molar-refractivity contribution < 1.29 is 23.9 Å². The van der Waals surface area contributed by atoms with Crippen molar-refractivity contribution in [1.82, 2.24) is 15.5 Å². The highest BCUT2D eigenvalue weighted by Crippen LogP contribution is 2.35. The molecule has 9 nitrogen and oxygen atoms in total. The highest BCUT2D eigenvalue weighted by molar-refractivity contribution is 6.00. The molecule has 3 heterocycles. The minimum Gasteiger partial charge on any atom is -0.495 e. The quantitative estimate of drug-likeness (QED) is 0.560. The van der Waals surface area contributed by atoms with Gasteiger partial charge in [0.15, 0.2) is 5.78 Å². The maximum atomic E-state index is 13.1. The van der Waals surface area contributed by atoms with E-state index in [1.807, 2.05) is 47.4 Å². The predicted molar refractivity (Wildman–Crippen MR) is 156 cm³/mol. The lowest BCUT2D eigenvalue weighted by Gasteiger charge is -2.28. The molecule has 214 valence electrons. The number of amides is 2. The van der Waals surface area contributed by atoms with Crippen LogP contribution in [0.3, 0.4) is 0 Å². The van der Waals surface area contributed by atoms with Crippen molar-refractivity contribution in [2.75, 3.05) is 51.3 Å². The van der Waals surface area contributed by atoms with Crippen LogP contribution in [0, 0.1) is 0 Å². The smallest absolute Gasteiger partial charge is 0.222 e. The van der Waals surface area contributed by atoms with Gasteiger partial charge in [0.2, 0.25) is 11.8 Å². The van der Waals surface area contributed by atoms with Crippen LogP contribution in [0.15, 0.2) is 48.5 Å². The number of carbonyl (C=O) groups is 3. The summed E-state index contributed by atoms with van der Waals surface area (Å²) >= 11 is 0. The second kappa shape index (κ2) is 14.5. The minimum atomic E-state index is -0.648. The van der Waals surface area contributed by atoms with E-state index < -0.39 is 6.04 Å². The third-order valence-electron chi connectivity index (χ3n) is 7.25. The molecule has 0 spiro atoms. The number of nitrogens with one attached hydrogen (secondary N) is 2. The summed E-state index contributed by atoms with van der Waals surface area (Å²) in [6.07, 6.45) is 6.46. The van der Waals surface area contributed by atoms with Gasteiger partial charge in [-0.1, -0.05) is 18.2 Å². The van der Waals surface area contributed by atoms with Gasteiger partial charge in [0.1, 0.15) is 17.2 Å². The fourth-order valence-electron chi connectivity index (χ4n) is 5.02. The van der Waals surface area contributed by atoms with Crippen LogP contribution in [0.1, 0.15) is 44.6 Å². The van der Waals surface area contributed by atoms with Crippen molar-refractivity contribution in [1.29, 1.82) is 0 Å². The Labute approximate surface area is 236 Å². The molecule has 2 N–H and O–H groups in total. The number of benzene rings is 2. The SMILES string of the molecule is COc1ccc2cc1N1CCCCN(C(C)=O)CCCN[C@@H](CC(=O)NCCC1)C(=O)/C=C\c1ccc(cc1)O2. The van der Waals surface area contributed by atoms with Gasteiger partial charge in [0.05, 0.1) is 18.8 Å². The zero-order chi connectivity index (χ0) is 28.3. The van der Waals surface area contributed by atoms with Crippen molar-refractivity contribution >= 4 is 29.4 Å². The Morgan fingerprint density at radius 3 is 2.38 bits per heavy atom. The van der Waals surface area contributed by atoms with Crippen molar-refractivity contribution in [3.05, 3.63) is 54.1 Å². The zero-order valence-electron chi connectivity index (χ0n) is 23.5. The number of nitrogens with zero attached hydrogens (tertiary/aromatic N) is 2. The summed E-state index contributed by atoms with van der Waals surface area (Å²) in [5.74, 6) is 1.82. The van der Waals surface area contributed by atoms with Crippen LogP contribution in [-0.2, 0) is 14.4 Å². The predicted octanol–water partition coefficient (Wildman–Crippen LogP) is 3.78. The number of carbonyl (C=O) groups excluding carboxylic acids is 3. The van der Waals surface area contributed by atoms with Crippen LogP contribution >= 0.6 is 0 Å². The monoisotopic (exact) mass is 548 g/mol. The Balaban J connectivity index is 1.71. The van der Waals surface area contributed by atoms with E-state index in [4.69, 9.17) is 9.47 Å². The van der Waals surface area contributed by atoms with E-state index in [1.165, 1.54) is 6.08 Å². The number of anilines is 1. The van der Waals surface area contributed by atoms with Gasteiger partial charge in [0.25, 0.3) is 0 Å². The molecule has 2 amide bonds. The first-order valence-electron chi connectivity index (χ1n) is 14.1. The first-order chi connectivity index (χ1) is 19.4. The Morgan fingerprint density at radius 1 is 0.900 bits per heavy atom. The van der Waals surface area contributed by atoms with Crippen LogP contribution in [0.25, 0.3) is 6.08 Å². The first-order valence-corrected chi connectivity index (χ1v) is 14.1. The Bertz CT molecular complexity index is 1200. The third kappa shape index (κ3) is 8.32. The van der Waals surface area contributed by atoms with Crippen LogP contribution in [0.4, 0.5) is 5.69 Å². The zero-order valence-corrected chi connectivity index (χ0v) is 23.5. The molecular formula is C31H40N4O5. The normalized spacial score (nSPS) is 20.5. The molecule has 40 heavy (non-hydrogen) atoms. The van der Waals surface area contributed by atoms with Gasteiger partial charge < -0.3 is 29.9 Å². The van der Waals surface area contributed by atoms with Gasteiger partial charge in [0, 0.05) is 52.1 Å². The molecule has 0 aromatic heterocycles. The number of methoxy groups -OCH3 is 1. The molecule has 0 saturated carbocycles. The highest BCUT2D eigenvalue weighted by Gasteiger charge is 2.21. The second-order valence-corrected chi connectivity index (χ2v) is 10.2. The minimum absolute atomic E-state index is 0.0383. The lowest BCUT2D eigenvalue weighted by atomic mass is 10.1. The maximum Gasteiger partial charge on any atom is 0.222 e. The van der Waals surface area contributed by atoms with Crippen molar-refractivity contribution in [3.63, 3.8) is 0 Å². The second-order valence-electron chi connectivity index (χ2n) is 10.2. The highest BCUT2D eigenvalue weighted by atomic mass is 16.5. The number of ether oxygens (including phenoxy) is 2. The van der Waals surface area contributed by atoms with Gasteiger partial charge >= 0.3 is 0 Å². The molecule has 9 heteroatoms. The summed E-state index contributed by atoms with van der Waals surface area (Å²) in [6.45, 7) is 5.32. The summed E-state index contributed by atoms with van der Waals surface area (Å²) in [6, 6.07) is 12.6. The standard InChI is InChI=1S/C31H40N4O5/c1-23(36)34-17-3-4-18-35-20-6-16-33-31(38)22-27(32-15-5-19-34)29(37)13-9-24-7-10-25(11-8-24)40-26-12-14-30(39-2)28(35)21-26/h7-14,21,27,32H,3-6,15-20,22H2,1-2H3,(H,33,38)/b13-9-/t27-/m0/s1. The number of hydrogen-bond acceptors (Lipinski definition) is 7. The largest absolute Gasteiger partial charge is 0.495 e. The average molecular weight is 549 g/mol. The lowest BCUT2D eigenvalue weighted by Crippen LogP contribution is -2.42. The number of rotatable bonds is 1. The van der Waals surface area contributed by atoms with E-state index in [-0.39, 0.29) is 24.0 Å². The van der Waals surface area contributed by atoms with Gasteiger partial charge in [-0.25, -0.2) is 0 Å². The third-order valence-corrected chi connectivity index (χ3v) is 7.25. The molecular weight excluding hydrogens is 508 g/mol. The van der Waals surface area contributed by atoms with E-state index in [0.717, 1.165) is 36.4 Å². The van der Waals surface area contributed by atoms with Crippen LogP contribution in [-0.4, -0.2) is 74.9 Å². The Hall–Kier alpha value is -3.85. The van der Waals surface area contributed by atoms with Gasteiger partial charge in [-0.2, -0.15) is 0 Å². The summed E-state index contributed by atoms with van der Waals surface area (Å²) in [5.41, 5.74) is 1.77. The van der Waals surface area contributed by atoms with E-state index >= 15 is 0 Å². The van der Waals surface area contributed by atoms with Crippen molar-refractivity contribution in [3.8, 4) is 17.2 Å². The van der Waals surface area contributed by atoms with Crippen LogP contribution in [0.2, 0.25) is 0 Å². The molecule has 3 aliphatic heterocycles. The van der Waals surface area contributed by atoms with Crippen molar-refractivity contribution in [2.45, 2.75) is 45.1 Å². The molecule has 2 aromatic carbocycles. The topological polar surface area (TPSA) is 100 Å². The molecule has 0 unspecified atom stereocenters. The molecule has 3 aliphatic rings. The molecule has 0 radical (unpaired) electrons. The summed E-state index contributed by atoms with van der Waals surface area (Å²) in [7, 11) is 1.66. The molecule has 0 aliphatic carbocycles. The Morgan fingerprint density at radius 2 is 1.60 bits per heavy atom. The fourth-order valence-corrected chi connectivity index (χ4v) is 5.02. The number of hydrogen-bond donors (Lipinski definition) is 2. The van der Waals surface area contributed by atoms with E-state index in [2.05, 4.69) is 15.5 Å². The summed E-state index contributed by atoms with van der Waals surface area (Å²) < 4.78 is 11.9. The van der Waals surface area contributed by atoms with Gasteiger partial charge in [-0.05, 0) is 68.1 Å². The number of ketones is 1. The molecule has 1 atom stereocenters. The molecule has 2 aromatic rings. The first kappa shape index (κ1) is 29.1. The van der Waals surface area contributed by atoms with Gasteiger partial charge in [-0.15, -0.1) is 0 Å². The molecule has 1 fully saturated rings. The molecule has 5 rings (SSSR count). The number of fused-ring (bicyclic) bond motifs is 3. The fraction of sp³-hybridized carbons (Fsp3) is 0.452. The summed E-state index contributed by atoms with van der Waals surface area (Å²) in [5, 5.41) is 6.25. The summed E-state index contributed by atoms with van der Waals surface area (Å²) in [4.78, 5) is 42.4. The molecule has 1 saturated heterocycles. The van der Waals surface area contributed by atoms with E-state index in [1.54, 1.807) is 20.1 Å². The molecule has 6 bridgehead atoms.